The van der Waals surface area contributed by atoms with Crippen LogP contribution in [0.4, 0.5) is 0 Å². The summed E-state index contributed by atoms with van der Waals surface area (Å²) in [6.45, 7) is 13.5. The molecule has 3 rings (SSSR count). The van der Waals surface area contributed by atoms with Gasteiger partial charge in [-0.05, 0) is 58.5 Å². The number of carbonyl (C=O) groups is 1. The Kier molecular flexibility index (Phi) is 7.30. The van der Waals surface area contributed by atoms with Crippen molar-refractivity contribution in [3.63, 3.8) is 0 Å². The van der Waals surface area contributed by atoms with E-state index in [1.807, 2.05) is 4.90 Å². The Bertz CT molecular complexity index is 616. The maximum absolute atomic E-state index is 13.1. The molecule has 2 heterocycles. The molecule has 1 amide bonds. The van der Waals surface area contributed by atoms with Crippen LogP contribution in [0.15, 0.2) is 0 Å². The monoisotopic (exact) mass is 375 g/mol. The summed E-state index contributed by atoms with van der Waals surface area (Å²) in [5, 5.41) is 8.48. The lowest BCUT2D eigenvalue weighted by atomic mass is 9.91. The Morgan fingerprint density at radius 1 is 1.19 bits per heavy atom. The zero-order valence-electron chi connectivity index (χ0n) is 17.5. The number of nitrogens with one attached hydrogen (secondary N) is 1. The summed E-state index contributed by atoms with van der Waals surface area (Å²) in [5.74, 6) is 0.155. The molecular formula is C21H37N5O. The number of aromatic nitrogens is 2. The molecule has 0 bridgehead atoms. The van der Waals surface area contributed by atoms with Gasteiger partial charge in [0.1, 0.15) is 0 Å². The van der Waals surface area contributed by atoms with Gasteiger partial charge < -0.3 is 15.1 Å². The summed E-state index contributed by atoms with van der Waals surface area (Å²) in [4.78, 5) is 17.6. The highest BCUT2D eigenvalue weighted by molar-refractivity contribution is 5.94. The van der Waals surface area contributed by atoms with E-state index in [2.05, 4.69) is 35.7 Å². The van der Waals surface area contributed by atoms with E-state index in [0.717, 1.165) is 83.6 Å². The second kappa shape index (κ2) is 9.69. The lowest BCUT2D eigenvalue weighted by Gasteiger charge is -2.28. The highest BCUT2D eigenvalue weighted by atomic mass is 16.2. The molecule has 1 unspecified atom stereocenters. The first kappa shape index (κ1) is 20.3. The Morgan fingerprint density at radius 3 is 2.59 bits per heavy atom. The molecule has 1 N–H and O–H groups in total. The Labute approximate surface area is 164 Å². The Balaban J connectivity index is 1.68. The third kappa shape index (κ3) is 4.72. The van der Waals surface area contributed by atoms with Gasteiger partial charge in [0.15, 0.2) is 5.69 Å². The molecule has 0 spiro atoms. The molecule has 1 aliphatic heterocycles. The van der Waals surface area contributed by atoms with Gasteiger partial charge in [-0.2, -0.15) is 5.10 Å². The summed E-state index contributed by atoms with van der Waals surface area (Å²) in [6.07, 6.45) is 6.57. The number of rotatable bonds is 8. The predicted molar refractivity (Wildman–Crippen MR) is 109 cm³/mol. The summed E-state index contributed by atoms with van der Waals surface area (Å²) >= 11 is 0. The maximum Gasteiger partial charge on any atom is 0.274 e. The van der Waals surface area contributed by atoms with Gasteiger partial charge in [0.25, 0.3) is 5.91 Å². The molecule has 0 saturated carbocycles. The van der Waals surface area contributed by atoms with Crippen molar-refractivity contribution in [2.24, 2.45) is 0 Å². The van der Waals surface area contributed by atoms with Gasteiger partial charge in [-0.3, -0.25) is 9.48 Å². The first-order chi connectivity index (χ1) is 13.2. The Morgan fingerprint density at radius 2 is 1.93 bits per heavy atom. The van der Waals surface area contributed by atoms with E-state index in [0.29, 0.717) is 6.04 Å². The van der Waals surface area contributed by atoms with Crippen LogP contribution in [0, 0.1) is 0 Å². The standard InChI is InChI=1S/C21H37N5O/c1-4-24(5-2)15-12-22-17-10-11-19-18(16-17)20(23-26(19)6-3)21(27)25-13-8-7-9-14-25/h17,22H,4-16H2,1-3H3. The third-order valence-electron chi connectivity index (χ3n) is 6.25. The molecule has 0 aromatic carbocycles. The summed E-state index contributed by atoms with van der Waals surface area (Å²) in [7, 11) is 0. The molecule has 6 heteroatoms. The fourth-order valence-corrected chi connectivity index (χ4v) is 4.51. The van der Waals surface area contributed by atoms with Crippen LogP contribution in [0.2, 0.25) is 0 Å². The number of amides is 1. The molecular weight excluding hydrogens is 338 g/mol. The number of carbonyl (C=O) groups excluding carboxylic acids is 1. The van der Waals surface area contributed by atoms with E-state index in [1.54, 1.807) is 0 Å². The number of hydrogen-bond donors (Lipinski definition) is 1. The highest BCUT2D eigenvalue weighted by Crippen LogP contribution is 2.26. The highest BCUT2D eigenvalue weighted by Gasteiger charge is 2.31. The average Bonchev–Trinajstić information content (AvgIpc) is 3.09. The number of aryl methyl sites for hydroxylation is 1. The molecule has 1 fully saturated rings. The quantitative estimate of drug-likeness (QED) is 0.758. The normalized spacial score (nSPS) is 20.1. The largest absolute Gasteiger partial charge is 0.337 e. The number of fused-ring (bicyclic) bond motifs is 1. The van der Waals surface area contributed by atoms with Crippen molar-refractivity contribution >= 4 is 5.91 Å². The van der Waals surface area contributed by atoms with Crippen LogP contribution < -0.4 is 5.32 Å². The van der Waals surface area contributed by atoms with Crippen molar-refractivity contribution in [3.05, 3.63) is 17.0 Å². The first-order valence-electron chi connectivity index (χ1n) is 11.0. The average molecular weight is 376 g/mol. The van der Waals surface area contributed by atoms with Gasteiger partial charge in [-0.25, -0.2) is 0 Å². The molecule has 1 atom stereocenters. The van der Waals surface area contributed by atoms with Crippen LogP contribution >= 0.6 is 0 Å². The fourth-order valence-electron chi connectivity index (χ4n) is 4.51. The van der Waals surface area contributed by atoms with E-state index in [4.69, 9.17) is 5.10 Å². The maximum atomic E-state index is 13.1. The second-order valence-electron chi connectivity index (χ2n) is 7.86. The van der Waals surface area contributed by atoms with Crippen LogP contribution in [0.5, 0.6) is 0 Å². The Hall–Kier alpha value is -1.40. The van der Waals surface area contributed by atoms with E-state index in [9.17, 15) is 4.79 Å². The molecule has 1 aromatic heterocycles. The molecule has 1 saturated heterocycles. The summed E-state index contributed by atoms with van der Waals surface area (Å²) in [6, 6.07) is 0.454. The van der Waals surface area contributed by atoms with Gasteiger partial charge in [-0.15, -0.1) is 0 Å². The summed E-state index contributed by atoms with van der Waals surface area (Å²) < 4.78 is 2.07. The molecule has 27 heavy (non-hydrogen) atoms. The minimum absolute atomic E-state index is 0.155. The lowest BCUT2D eigenvalue weighted by Crippen LogP contribution is -2.41. The van der Waals surface area contributed by atoms with Crippen LogP contribution in [0.25, 0.3) is 0 Å². The molecule has 6 nitrogen and oxygen atoms in total. The second-order valence-corrected chi connectivity index (χ2v) is 7.86. The predicted octanol–water partition coefficient (Wildman–Crippen LogP) is 2.32. The molecule has 2 aliphatic rings. The number of hydrogen-bond acceptors (Lipinski definition) is 4. The molecule has 152 valence electrons. The van der Waals surface area contributed by atoms with E-state index < -0.39 is 0 Å². The minimum atomic E-state index is 0.155. The van der Waals surface area contributed by atoms with E-state index in [-0.39, 0.29) is 5.91 Å². The van der Waals surface area contributed by atoms with Crippen molar-refractivity contribution in [1.29, 1.82) is 0 Å². The van der Waals surface area contributed by atoms with Gasteiger partial charge >= 0.3 is 0 Å². The van der Waals surface area contributed by atoms with Gasteiger partial charge in [-0.1, -0.05) is 13.8 Å². The third-order valence-corrected chi connectivity index (χ3v) is 6.25. The van der Waals surface area contributed by atoms with E-state index >= 15 is 0 Å². The zero-order chi connectivity index (χ0) is 19.2. The van der Waals surface area contributed by atoms with Crippen LogP contribution in [0.3, 0.4) is 0 Å². The number of likely N-dealkylation sites (tertiary alicyclic amines) is 1. The van der Waals surface area contributed by atoms with Crippen molar-refractivity contribution < 1.29 is 4.79 Å². The molecule has 1 aliphatic carbocycles. The molecule has 0 radical (unpaired) electrons. The topological polar surface area (TPSA) is 53.4 Å². The van der Waals surface area contributed by atoms with Crippen molar-refractivity contribution in [2.75, 3.05) is 39.3 Å². The SMILES string of the molecule is CCN(CC)CCNC1CCc2c(c(C(=O)N3CCCCC3)nn2CC)C1. The van der Waals surface area contributed by atoms with Crippen molar-refractivity contribution in [3.8, 4) is 0 Å². The van der Waals surface area contributed by atoms with Crippen LogP contribution in [0.1, 0.15) is 68.2 Å². The lowest BCUT2D eigenvalue weighted by molar-refractivity contribution is 0.0716. The number of likely N-dealkylation sites (N-methyl/N-ethyl adjacent to an activating group) is 1. The fraction of sp³-hybridized carbons (Fsp3) is 0.810. The number of piperidine rings is 1. The van der Waals surface area contributed by atoms with Gasteiger partial charge in [0, 0.05) is 50.0 Å². The van der Waals surface area contributed by atoms with E-state index in [1.165, 1.54) is 17.7 Å². The van der Waals surface area contributed by atoms with Crippen LogP contribution in [-0.4, -0.2) is 70.8 Å². The minimum Gasteiger partial charge on any atom is -0.337 e. The van der Waals surface area contributed by atoms with Gasteiger partial charge in [0.05, 0.1) is 0 Å². The number of nitrogens with zero attached hydrogens (tertiary/aromatic N) is 4. The zero-order valence-corrected chi connectivity index (χ0v) is 17.5. The van der Waals surface area contributed by atoms with Crippen molar-refractivity contribution in [1.82, 2.24) is 24.9 Å². The van der Waals surface area contributed by atoms with Crippen LogP contribution in [-0.2, 0) is 19.4 Å². The molecule has 1 aromatic rings. The van der Waals surface area contributed by atoms with Gasteiger partial charge in [0.2, 0.25) is 0 Å². The first-order valence-corrected chi connectivity index (χ1v) is 11.0. The summed E-state index contributed by atoms with van der Waals surface area (Å²) in [5.41, 5.74) is 3.22. The van der Waals surface area contributed by atoms with Crippen molar-refractivity contribution in [2.45, 2.75) is 71.9 Å². The smallest absolute Gasteiger partial charge is 0.274 e.